The molecule has 0 heterocycles. The predicted octanol–water partition coefficient (Wildman–Crippen LogP) is 2.55. The van der Waals surface area contributed by atoms with Crippen LogP contribution in [0.5, 0.6) is 0 Å². The summed E-state index contributed by atoms with van der Waals surface area (Å²) < 4.78 is 0. The quantitative estimate of drug-likeness (QED) is 0.440. The first-order valence-electron chi connectivity index (χ1n) is 8.85. The Kier molecular flexibility index (Phi) is 3.91. The molecule has 0 spiro atoms. The maximum atomic E-state index is 12.7. The van der Waals surface area contributed by atoms with Gasteiger partial charge in [0.25, 0.3) is 0 Å². The number of ketones is 2. The van der Waals surface area contributed by atoms with Crippen molar-refractivity contribution in [3.8, 4) is 12.3 Å². The second-order valence-electron chi connectivity index (χ2n) is 8.67. The molecule has 25 heavy (non-hydrogen) atoms. The van der Waals surface area contributed by atoms with Crippen LogP contribution in [0.4, 0.5) is 0 Å². The van der Waals surface area contributed by atoms with Gasteiger partial charge in [-0.25, -0.2) is 0 Å². The molecule has 0 aliphatic heterocycles. The van der Waals surface area contributed by atoms with Gasteiger partial charge in [-0.3, -0.25) is 9.59 Å². The standard InChI is InChI=1S/C21H24O4/c1-5-21-7-6-16-19(2,3)18(25)14(12-23)9-20(16,4)17(21)8-15(24)13(10-21)11-22/h1,8,11-14,16H,6-7,9-10H2,2-4H3/t13?,14?,16-,20-,21-/m0/s1. The highest BCUT2D eigenvalue weighted by Crippen LogP contribution is 2.65. The van der Waals surface area contributed by atoms with E-state index < -0.39 is 28.1 Å². The second kappa shape index (κ2) is 5.49. The smallest absolute Gasteiger partial charge is 0.165 e. The van der Waals surface area contributed by atoms with Gasteiger partial charge in [0.2, 0.25) is 0 Å². The van der Waals surface area contributed by atoms with E-state index in [1.807, 2.05) is 20.8 Å². The summed E-state index contributed by atoms with van der Waals surface area (Å²) in [7, 11) is 0. The highest BCUT2D eigenvalue weighted by molar-refractivity contribution is 6.03. The summed E-state index contributed by atoms with van der Waals surface area (Å²) in [4.78, 5) is 48.0. The van der Waals surface area contributed by atoms with Crippen molar-refractivity contribution in [3.63, 3.8) is 0 Å². The molecule has 0 saturated heterocycles. The van der Waals surface area contributed by atoms with E-state index in [1.165, 1.54) is 0 Å². The van der Waals surface area contributed by atoms with E-state index in [-0.39, 0.29) is 17.5 Å². The third kappa shape index (κ3) is 2.21. The van der Waals surface area contributed by atoms with Crippen molar-refractivity contribution in [1.29, 1.82) is 0 Å². The number of aldehydes is 2. The molecular formula is C21H24O4. The number of terminal acetylenes is 1. The van der Waals surface area contributed by atoms with Gasteiger partial charge >= 0.3 is 0 Å². The molecule has 2 saturated carbocycles. The molecule has 2 fully saturated rings. The molecule has 0 aromatic heterocycles. The lowest BCUT2D eigenvalue weighted by atomic mass is 9.42. The topological polar surface area (TPSA) is 68.3 Å². The Hall–Kier alpha value is -2.02. The fourth-order valence-corrected chi connectivity index (χ4v) is 5.86. The van der Waals surface area contributed by atoms with Gasteiger partial charge in [-0.05, 0) is 48.7 Å². The van der Waals surface area contributed by atoms with Gasteiger partial charge in [-0.1, -0.05) is 26.7 Å². The first-order valence-corrected chi connectivity index (χ1v) is 8.85. The van der Waals surface area contributed by atoms with Gasteiger partial charge in [0.1, 0.15) is 18.4 Å². The third-order valence-electron chi connectivity index (χ3n) is 7.07. The summed E-state index contributed by atoms with van der Waals surface area (Å²) in [5.41, 5.74) is -0.912. The summed E-state index contributed by atoms with van der Waals surface area (Å²) in [6.45, 7) is 5.83. The van der Waals surface area contributed by atoms with Crippen molar-refractivity contribution in [1.82, 2.24) is 0 Å². The van der Waals surface area contributed by atoms with E-state index in [9.17, 15) is 19.2 Å². The molecule has 132 valence electrons. The normalized spacial score (nSPS) is 42.5. The Bertz CT molecular complexity index is 737. The van der Waals surface area contributed by atoms with Crippen LogP contribution in [0.3, 0.4) is 0 Å². The highest BCUT2D eigenvalue weighted by Gasteiger charge is 2.62. The molecule has 3 aliphatic carbocycles. The molecule has 0 amide bonds. The summed E-state index contributed by atoms with van der Waals surface area (Å²) in [6.07, 6.45) is 11.0. The van der Waals surface area contributed by atoms with Crippen molar-refractivity contribution in [2.75, 3.05) is 0 Å². The van der Waals surface area contributed by atoms with E-state index in [0.29, 0.717) is 25.5 Å². The molecule has 5 atom stereocenters. The minimum absolute atomic E-state index is 0.0216. The zero-order valence-corrected chi connectivity index (χ0v) is 15.0. The fraction of sp³-hybridized carbons (Fsp3) is 0.619. The van der Waals surface area contributed by atoms with E-state index in [1.54, 1.807) is 6.08 Å². The number of hydrogen-bond acceptors (Lipinski definition) is 4. The number of Topliss-reactive ketones (excluding diaryl/α,β-unsaturated/α-hetero) is 1. The average molecular weight is 340 g/mol. The Morgan fingerprint density at radius 3 is 2.32 bits per heavy atom. The number of carbonyl (C=O) groups excluding carboxylic acids is 4. The van der Waals surface area contributed by atoms with Crippen LogP contribution in [-0.4, -0.2) is 24.1 Å². The second-order valence-corrected chi connectivity index (χ2v) is 8.67. The van der Waals surface area contributed by atoms with Crippen molar-refractivity contribution in [2.24, 2.45) is 34.0 Å². The molecule has 3 rings (SSSR count). The summed E-state index contributed by atoms with van der Waals surface area (Å²) >= 11 is 0. The maximum Gasteiger partial charge on any atom is 0.165 e. The van der Waals surface area contributed by atoms with Crippen LogP contribution in [0.25, 0.3) is 0 Å². The number of rotatable bonds is 2. The molecule has 4 nitrogen and oxygen atoms in total. The van der Waals surface area contributed by atoms with E-state index >= 15 is 0 Å². The molecule has 0 radical (unpaired) electrons. The van der Waals surface area contributed by atoms with Gasteiger partial charge in [-0.2, -0.15) is 0 Å². The van der Waals surface area contributed by atoms with Crippen LogP contribution in [0.15, 0.2) is 11.6 Å². The summed E-state index contributed by atoms with van der Waals surface area (Å²) in [5.74, 6) is 1.30. The third-order valence-corrected chi connectivity index (χ3v) is 7.07. The van der Waals surface area contributed by atoms with Crippen molar-refractivity contribution < 1.29 is 19.2 Å². The Labute approximate surface area is 148 Å². The largest absolute Gasteiger partial charge is 0.303 e. The van der Waals surface area contributed by atoms with Crippen molar-refractivity contribution in [3.05, 3.63) is 11.6 Å². The van der Waals surface area contributed by atoms with Crippen LogP contribution >= 0.6 is 0 Å². The number of fused-ring (bicyclic) bond motifs is 3. The Balaban J connectivity index is 2.19. The van der Waals surface area contributed by atoms with Gasteiger partial charge in [0.05, 0.1) is 17.3 Å². The predicted molar refractivity (Wildman–Crippen MR) is 92.3 cm³/mol. The first-order chi connectivity index (χ1) is 11.7. The van der Waals surface area contributed by atoms with Crippen LogP contribution < -0.4 is 0 Å². The van der Waals surface area contributed by atoms with Gasteiger partial charge in [0.15, 0.2) is 5.78 Å². The van der Waals surface area contributed by atoms with E-state index in [4.69, 9.17) is 6.42 Å². The van der Waals surface area contributed by atoms with Gasteiger partial charge in [0, 0.05) is 5.41 Å². The van der Waals surface area contributed by atoms with Crippen LogP contribution in [-0.2, 0) is 19.2 Å². The Morgan fingerprint density at radius 1 is 1.12 bits per heavy atom. The van der Waals surface area contributed by atoms with Crippen LogP contribution in [0.1, 0.15) is 46.5 Å². The van der Waals surface area contributed by atoms with Crippen molar-refractivity contribution >= 4 is 24.1 Å². The van der Waals surface area contributed by atoms with Gasteiger partial charge in [-0.15, -0.1) is 6.42 Å². The van der Waals surface area contributed by atoms with E-state index in [0.717, 1.165) is 18.3 Å². The Morgan fingerprint density at radius 2 is 1.76 bits per heavy atom. The molecule has 0 aromatic rings. The number of hydrogen-bond donors (Lipinski definition) is 0. The molecule has 0 aromatic carbocycles. The summed E-state index contributed by atoms with van der Waals surface area (Å²) in [6, 6.07) is 0. The minimum Gasteiger partial charge on any atom is -0.303 e. The highest BCUT2D eigenvalue weighted by atomic mass is 16.1. The zero-order valence-electron chi connectivity index (χ0n) is 15.0. The van der Waals surface area contributed by atoms with Crippen LogP contribution in [0.2, 0.25) is 0 Å². The van der Waals surface area contributed by atoms with Crippen molar-refractivity contribution in [2.45, 2.75) is 46.5 Å². The molecular weight excluding hydrogens is 316 g/mol. The minimum atomic E-state index is -0.694. The van der Waals surface area contributed by atoms with Gasteiger partial charge < -0.3 is 9.59 Å². The maximum absolute atomic E-state index is 12.7. The number of carbonyl (C=O) groups is 4. The molecule has 2 unspecified atom stereocenters. The number of allylic oxidation sites excluding steroid dienone is 2. The SMILES string of the molecule is C#C[C@@]12CC[C@H]3C(C)(C)C(=O)C(C=O)C[C@]3(C)C1=CC(=O)C(C=O)C2. The summed E-state index contributed by atoms with van der Waals surface area (Å²) in [5, 5.41) is 0. The van der Waals surface area contributed by atoms with Crippen LogP contribution in [0, 0.1) is 46.3 Å². The zero-order chi connectivity index (χ0) is 18.6. The average Bonchev–Trinajstić information content (AvgIpc) is 2.58. The van der Waals surface area contributed by atoms with E-state index in [2.05, 4.69) is 5.92 Å². The molecule has 0 N–H and O–H groups in total. The fourth-order valence-electron chi connectivity index (χ4n) is 5.86. The lowest BCUT2D eigenvalue weighted by Crippen LogP contribution is -2.58. The monoisotopic (exact) mass is 340 g/mol. The molecule has 4 heteroatoms. The molecule has 0 bridgehead atoms. The molecule has 3 aliphatic rings. The first kappa shape index (κ1) is 17.8. The lowest BCUT2D eigenvalue weighted by Gasteiger charge is -2.60. The lowest BCUT2D eigenvalue weighted by molar-refractivity contribution is -0.150.